The van der Waals surface area contributed by atoms with Crippen molar-refractivity contribution in [3.05, 3.63) is 0 Å². The minimum Gasteiger partial charge on any atom is -0.348 e. The standard InChI is InChI=1S/C12H22N4O3S2/c1-12(2)13-11(20-7-10(17)15(3)4)16(14-12)9-5-6-21(18,19)8-9/h9,14H,5-8H2,1-4H3. The van der Waals surface area contributed by atoms with Gasteiger partial charge in [0.05, 0.1) is 23.3 Å². The van der Waals surface area contributed by atoms with Gasteiger partial charge in [0.2, 0.25) is 5.91 Å². The van der Waals surface area contributed by atoms with Gasteiger partial charge in [-0.15, -0.1) is 0 Å². The van der Waals surface area contributed by atoms with Crippen LogP contribution in [0.5, 0.6) is 0 Å². The molecule has 2 heterocycles. The van der Waals surface area contributed by atoms with Crippen molar-refractivity contribution < 1.29 is 13.2 Å². The Hall–Kier alpha value is -0.800. The van der Waals surface area contributed by atoms with Crippen LogP contribution in [0.2, 0.25) is 0 Å². The maximum absolute atomic E-state index is 11.7. The molecule has 7 nitrogen and oxygen atoms in total. The number of sulfone groups is 1. The number of amides is 1. The molecule has 0 spiro atoms. The quantitative estimate of drug-likeness (QED) is 0.777. The number of aliphatic imine (C=N–C) groups is 1. The minimum absolute atomic E-state index is 0.00593. The highest BCUT2D eigenvalue weighted by molar-refractivity contribution is 8.14. The topological polar surface area (TPSA) is 82.1 Å². The molecule has 1 amide bonds. The highest BCUT2D eigenvalue weighted by Crippen LogP contribution is 2.27. The van der Waals surface area contributed by atoms with Crippen LogP contribution in [0.1, 0.15) is 20.3 Å². The summed E-state index contributed by atoms with van der Waals surface area (Å²) in [5.74, 6) is 0.647. The average molecular weight is 334 g/mol. The zero-order valence-corrected chi connectivity index (χ0v) is 14.4. The lowest BCUT2D eigenvalue weighted by atomic mass is 10.2. The number of nitrogens with one attached hydrogen (secondary N) is 1. The highest BCUT2D eigenvalue weighted by Gasteiger charge is 2.40. The van der Waals surface area contributed by atoms with Crippen LogP contribution in [0.3, 0.4) is 0 Å². The molecule has 1 unspecified atom stereocenters. The number of carbonyl (C=O) groups excluding carboxylic acids is 1. The first-order valence-electron chi connectivity index (χ1n) is 6.80. The number of rotatable bonds is 3. The first kappa shape index (κ1) is 16.6. The van der Waals surface area contributed by atoms with Crippen molar-refractivity contribution in [1.82, 2.24) is 15.3 Å². The van der Waals surface area contributed by atoms with Gasteiger partial charge in [0.25, 0.3) is 0 Å². The Kier molecular flexibility index (Phi) is 4.55. The Morgan fingerprint density at radius 1 is 1.52 bits per heavy atom. The number of hydrogen-bond acceptors (Lipinski definition) is 7. The lowest BCUT2D eigenvalue weighted by Gasteiger charge is -2.28. The lowest BCUT2D eigenvalue weighted by Crippen LogP contribution is -2.50. The molecule has 1 saturated heterocycles. The van der Waals surface area contributed by atoms with Gasteiger partial charge in [0.1, 0.15) is 5.66 Å². The summed E-state index contributed by atoms with van der Waals surface area (Å²) >= 11 is 1.35. The fraction of sp³-hybridized carbons (Fsp3) is 0.833. The van der Waals surface area contributed by atoms with Crippen LogP contribution in [0.25, 0.3) is 0 Å². The van der Waals surface area contributed by atoms with E-state index >= 15 is 0 Å². The highest BCUT2D eigenvalue weighted by atomic mass is 32.2. The van der Waals surface area contributed by atoms with Crippen molar-refractivity contribution in [2.45, 2.75) is 32.0 Å². The second kappa shape index (κ2) is 5.77. The van der Waals surface area contributed by atoms with Gasteiger partial charge in [0, 0.05) is 14.1 Å². The van der Waals surface area contributed by atoms with Gasteiger partial charge in [-0.25, -0.2) is 18.8 Å². The van der Waals surface area contributed by atoms with E-state index < -0.39 is 15.5 Å². The molecule has 0 bridgehead atoms. The molecule has 1 atom stereocenters. The minimum atomic E-state index is -2.96. The van der Waals surface area contributed by atoms with Crippen LogP contribution in [0, 0.1) is 0 Å². The molecule has 0 aromatic carbocycles. The summed E-state index contributed by atoms with van der Waals surface area (Å²) in [5, 5.41) is 2.52. The van der Waals surface area contributed by atoms with Gasteiger partial charge in [-0.2, -0.15) is 0 Å². The van der Waals surface area contributed by atoms with Crippen molar-refractivity contribution in [3.63, 3.8) is 0 Å². The largest absolute Gasteiger partial charge is 0.348 e. The summed E-state index contributed by atoms with van der Waals surface area (Å²) in [4.78, 5) is 17.8. The number of thioether (sulfide) groups is 1. The lowest BCUT2D eigenvalue weighted by molar-refractivity contribution is -0.125. The molecule has 120 valence electrons. The number of amidine groups is 1. The normalized spacial score (nSPS) is 26.8. The Morgan fingerprint density at radius 2 is 2.19 bits per heavy atom. The van der Waals surface area contributed by atoms with Gasteiger partial charge >= 0.3 is 0 Å². The van der Waals surface area contributed by atoms with Crippen molar-refractivity contribution in [1.29, 1.82) is 0 Å². The van der Waals surface area contributed by atoms with Crippen LogP contribution in [-0.2, 0) is 14.6 Å². The second-order valence-electron chi connectivity index (χ2n) is 6.07. The molecule has 0 radical (unpaired) electrons. The average Bonchev–Trinajstić information content (AvgIpc) is 2.85. The Balaban J connectivity index is 2.07. The molecular weight excluding hydrogens is 312 g/mol. The molecule has 9 heteroatoms. The molecule has 0 aromatic heterocycles. The summed E-state index contributed by atoms with van der Waals surface area (Å²) < 4.78 is 23.3. The van der Waals surface area contributed by atoms with Gasteiger partial charge in [-0.1, -0.05) is 11.8 Å². The number of hydrogen-bond donors (Lipinski definition) is 1. The van der Waals surface area contributed by atoms with Crippen molar-refractivity contribution in [2.24, 2.45) is 4.99 Å². The van der Waals surface area contributed by atoms with Crippen molar-refractivity contribution in [3.8, 4) is 0 Å². The van der Waals surface area contributed by atoms with E-state index in [0.717, 1.165) is 0 Å². The molecular formula is C12H22N4O3S2. The molecule has 2 aliphatic heterocycles. The summed E-state index contributed by atoms with van der Waals surface area (Å²) in [6, 6.07) is -0.113. The Bertz CT molecular complexity index is 557. The molecule has 2 aliphatic rings. The van der Waals surface area contributed by atoms with Crippen LogP contribution >= 0.6 is 11.8 Å². The Labute approximate surface area is 130 Å². The van der Waals surface area contributed by atoms with Crippen LogP contribution in [0.15, 0.2) is 4.99 Å². The predicted molar refractivity (Wildman–Crippen MR) is 84.7 cm³/mol. The van der Waals surface area contributed by atoms with Crippen molar-refractivity contribution in [2.75, 3.05) is 31.4 Å². The Morgan fingerprint density at radius 3 is 2.71 bits per heavy atom. The third-order valence-corrected chi connectivity index (χ3v) is 6.06. The van der Waals surface area contributed by atoms with E-state index in [-0.39, 0.29) is 23.5 Å². The summed E-state index contributed by atoms with van der Waals surface area (Å²) in [5.41, 5.74) is 2.76. The maximum atomic E-state index is 11.7. The van der Waals surface area contributed by atoms with E-state index in [2.05, 4.69) is 10.4 Å². The van der Waals surface area contributed by atoms with Crippen LogP contribution in [0.4, 0.5) is 0 Å². The molecule has 1 fully saturated rings. The fourth-order valence-corrected chi connectivity index (χ4v) is 5.08. The fourth-order valence-electron chi connectivity index (χ4n) is 2.24. The van der Waals surface area contributed by atoms with E-state index in [9.17, 15) is 13.2 Å². The molecule has 0 saturated carbocycles. The summed E-state index contributed by atoms with van der Waals surface area (Å²) in [6.45, 7) is 3.84. The van der Waals surface area contributed by atoms with E-state index in [1.54, 1.807) is 14.1 Å². The molecule has 0 aromatic rings. The van der Waals surface area contributed by atoms with Gasteiger partial charge in [-0.3, -0.25) is 9.80 Å². The SMILES string of the molecule is CN(C)C(=O)CSC1=NC(C)(C)NN1C1CCS(=O)(=O)C1. The third-order valence-electron chi connectivity index (χ3n) is 3.37. The zero-order valence-electron chi connectivity index (χ0n) is 12.8. The maximum Gasteiger partial charge on any atom is 0.232 e. The van der Waals surface area contributed by atoms with E-state index in [1.165, 1.54) is 16.7 Å². The molecule has 0 aliphatic carbocycles. The zero-order chi connectivity index (χ0) is 15.8. The van der Waals surface area contributed by atoms with E-state index in [1.807, 2.05) is 18.9 Å². The second-order valence-corrected chi connectivity index (χ2v) is 9.24. The third kappa shape index (κ3) is 4.10. The predicted octanol–water partition coefficient (Wildman–Crippen LogP) is -0.0928. The molecule has 2 rings (SSSR count). The summed E-state index contributed by atoms with van der Waals surface area (Å²) in [6.07, 6.45) is 0.590. The van der Waals surface area contributed by atoms with E-state index in [0.29, 0.717) is 17.3 Å². The first-order valence-corrected chi connectivity index (χ1v) is 9.61. The van der Waals surface area contributed by atoms with Gasteiger partial charge < -0.3 is 4.90 Å². The van der Waals surface area contributed by atoms with Gasteiger partial charge in [-0.05, 0) is 20.3 Å². The number of hydrazine groups is 1. The number of nitrogens with zero attached hydrogens (tertiary/aromatic N) is 3. The van der Waals surface area contributed by atoms with Crippen LogP contribution < -0.4 is 5.43 Å². The van der Waals surface area contributed by atoms with Gasteiger partial charge in [0.15, 0.2) is 15.0 Å². The first-order chi connectivity index (χ1) is 9.60. The van der Waals surface area contributed by atoms with E-state index in [4.69, 9.17) is 0 Å². The number of carbonyl (C=O) groups is 1. The molecule has 1 N–H and O–H groups in total. The van der Waals surface area contributed by atoms with Crippen molar-refractivity contribution >= 4 is 32.7 Å². The summed E-state index contributed by atoms with van der Waals surface area (Å²) in [7, 11) is 0.463. The molecule has 21 heavy (non-hydrogen) atoms. The smallest absolute Gasteiger partial charge is 0.232 e. The monoisotopic (exact) mass is 334 g/mol. The van der Waals surface area contributed by atoms with Crippen LogP contribution in [-0.4, -0.2) is 72.5 Å².